The van der Waals surface area contributed by atoms with E-state index in [1.807, 2.05) is 54.9 Å². The van der Waals surface area contributed by atoms with E-state index in [0.29, 0.717) is 23.2 Å². The first-order valence-corrected chi connectivity index (χ1v) is 7.84. The number of fused-ring (bicyclic) bond motifs is 1. The molecule has 0 unspecified atom stereocenters. The van der Waals surface area contributed by atoms with Gasteiger partial charge in [0.1, 0.15) is 5.75 Å². The van der Waals surface area contributed by atoms with E-state index in [2.05, 4.69) is 5.32 Å². The lowest BCUT2D eigenvalue weighted by Crippen LogP contribution is -2.06. The van der Waals surface area contributed by atoms with Crippen LogP contribution in [0.5, 0.6) is 5.75 Å². The van der Waals surface area contributed by atoms with E-state index in [1.54, 1.807) is 13.0 Å². The molecule has 24 heavy (non-hydrogen) atoms. The SMILES string of the molecule is CCOC(=O)c1c(C)n(C)c2cc(Nc3ccccc3)c(O)cc12. The summed E-state index contributed by atoms with van der Waals surface area (Å²) < 4.78 is 7.07. The molecule has 0 spiro atoms. The third-order valence-electron chi connectivity index (χ3n) is 4.14. The molecule has 0 aliphatic heterocycles. The first-order valence-electron chi connectivity index (χ1n) is 7.84. The zero-order chi connectivity index (χ0) is 17.3. The minimum Gasteiger partial charge on any atom is -0.506 e. The molecule has 0 fully saturated rings. The van der Waals surface area contributed by atoms with Crippen molar-refractivity contribution < 1.29 is 14.6 Å². The first-order chi connectivity index (χ1) is 11.5. The summed E-state index contributed by atoms with van der Waals surface area (Å²) in [7, 11) is 1.89. The number of carbonyl (C=O) groups excluding carboxylic acids is 1. The fourth-order valence-electron chi connectivity index (χ4n) is 2.84. The normalized spacial score (nSPS) is 10.8. The molecule has 3 aromatic rings. The van der Waals surface area contributed by atoms with Crippen LogP contribution in [0.15, 0.2) is 42.5 Å². The van der Waals surface area contributed by atoms with Crippen molar-refractivity contribution in [2.75, 3.05) is 11.9 Å². The van der Waals surface area contributed by atoms with Crippen LogP contribution in [0.4, 0.5) is 11.4 Å². The number of aromatic nitrogens is 1. The van der Waals surface area contributed by atoms with Crippen LogP contribution in [-0.2, 0) is 11.8 Å². The number of hydrogen-bond acceptors (Lipinski definition) is 4. The topological polar surface area (TPSA) is 63.5 Å². The maximum atomic E-state index is 12.2. The van der Waals surface area contributed by atoms with Gasteiger partial charge in [-0.15, -0.1) is 0 Å². The van der Waals surface area contributed by atoms with Crippen LogP contribution in [-0.4, -0.2) is 22.2 Å². The zero-order valence-electron chi connectivity index (χ0n) is 14.0. The summed E-state index contributed by atoms with van der Waals surface area (Å²) in [4.78, 5) is 12.2. The summed E-state index contributed by atoms with van der Waals surface area (Å²) in [6, 6.07) is 13.1. The molecule has 1 heterocycles. The van der Waals surface area contributed by atoms with Crippen molar-refractivity contribution >= 4 is 28.2 Å². The molecule has 124 valence electrons. The van der Waals surface area contributed by atoms with Gasteiger partial charge < -0.3 is 19.7 Å². The van der Waals surface area contributed by atoms with E-state index in [1.165, 1.54) is 0 Å². The van der Waals surface area contributed by atoms with Gasteiger partial charge in [0.25, 0.3) is 0 Å². The molecule has 0 saturated carbocycles. The molecule has 0 atom stereocenters. The number of hydrogen-bond donors (Lipinski definition) is 2. The number of para-hydroxylation sites is 1. The highest BCUT2D eigenvalue weighted by molar-refractivity contribution is 6.07. The second-order valence-electron chi connectivity index (χ2n) is 5.62. The van der Waals surface area contributed by atoms with Crippen molar-refractivity contribution in [1.29, 1.82) is 0 Å². The quantitative estimate of drug-likeness (QED) is 0.560. The molecule has 5 nitrogen and oxygen atoms in total. The number of aromatic hydroxyl groups is 1. The number of anilines is 2. The van der Waals surface area contributed by atoms with Gasteiger partial charge in [0.05, 0.1) is 23.4 Å². The van der Waals surface area contributed by atoms with Gasteiger partial charge in [0.15, 0.2) is 0 Å². The molecule has 5 heteroatoms. The second kappa shape index (κ2) is 6.28. The summed E-state index contributed by atoms with van der Waals surface area (Å²) in [6.07, 6.45) is 0. The standard InChI is InChI=1S/C19H20N2O3/c1-4-24-19(23)18-12(2)21(3)16-11-15(17(22)10-14(16)18)20-13-8-6-5-7-9-13/h5-11,20,22H,4H2,1-3H3. The van der Waals surface area contributed by atoms with Gasteiger partial charge in [-0.25, -0.2) is 4.79 Å². The number of ether oxygens (including phenoxy) is 1. The minimum absolute atomic E-state index is 0.0856. The largest absolute Gasteiger partial charge is 0.506 e. The van der Waals surface area contributed by atoms with Gasteiger partial charge in [-0.1, -0.05) is 18.2 Å². The Balaban J connectivity index is 2.12. The number of aryl methyl sites for hydroxylation is 1. The predicted molar refractivity (Wildman–Crippen MR) is 95.0 cm³/mol. The summed E-state index contributed by atoms with van der Waals surface area (Å²) in [6.45, 7) is 3.96. The van der Waals surface area contributed by atoms with Crippen LogP contribution in [0.3, 0.4) is 0 Å². The lowest BCUT2D eigenvalue weighted by molar-refractivity contribution is 0.0527. The highest BCUT2D eigenvalue weighted by atomic mass is 16.5. The van der Waals surface area contributed by atoms with Gasteiger partial charge in [-0.3, -0.25) is 0 Å². The molecule has 1 aromatic heterocycles. The van der Waals surface area contributed by atoms with E-state index in [-0.39, 0.29) is 11.7 Å². The van der Waals surface area contributed by atoms with Crippen LogP contribution in [0.1, 0.15) is 23.0 Å². The van der Waals surface area contributed by atoms with Gasteiger partial charge in [-0.05, 0) is 38.1 Å². The molecule has 0 saturated heterocycles. The molecule has 0 aliphatic rings. The molecule has 0 bridgehead atoms. The number of nitrogens with one attached hydrogen (secondary N) is 1. The Morgan fingerprint density at radius 1 is 1.25 bits per heavy atom. The average Bonchev–Trinajstić information content (AvgIpc) is 2.80. The lowest BCUT2D eigenvalue weighted by atomic mass is 10.1. The number of esters is 1. The summed E-state index contributed by atoms with van der Waals surface area (Å²) in [5.74, 6) is -0.286. The number of nitrogens with zero attached hydrogens (tertiary/aromatic N) is 1. The van der Waals surface area contributed by atoms with Gasteiger partial charge in [0, 0.05) is 23.8 Å². The monoisotopic (exact) mass is 324 g/mol. The Bertz CT molecular complexity index is 898. The number of benzene rings is 2. The van der Waals surface area contributed by atoms with Crippen LogP contribution < -0.4 is 5.32 Å². The van der Waals surface area contributed by atoms with Crippen molar-refractivity contribution in [1.82, 2.24) is 4.57 Å². The van der Waals surface area contributed by atoms with Gasteiger partial charge in [0.2, 0.25) is 0 Å². The summed E-state index contributed by atoms with van der Waals surface area (Å²) in [5, 5.41) is 14.3. The fourth-order valence-corrected chi connectivity index (χ4v) is 2.84. The molecule has 0 radical (unpaired) electrons. The third-order valence-corrected chi connectivity index (χ3v) is 4.14. The first kappa shape index (κ1) is 15.9. The molecule has 0 amide bonds. The van der Waals surface area contributed by atoms with Crippen LogP contribution in [0.25, 0.3) is 10.9 Å². The smallest absolute Gasteiger partial charge is 0.340 e. The second-order valence-corrected chi connectivity index (χ2v) is 5.62. The number of rotatable bonds is 4. The molecule has 2 aromatic carbocycles. The summed E-state index contributed by atoms with van der Waals surface area (Å²) in [5.41, 5.74) is 3.62. The number of phenols is 1. The minimum atomic E-state index is -0.372. The van der Waals surface area contributed by atoms with E-state index in [0.717, 1.165) is 16.9 Å². The lowest BCUT2D eigenvalue weighted by Gasteiger charge is -2.09. The Morgan fingerprint density at radius 2 is 1.96 bits per heavy atom. The van der Waals surface area contributed by atoms with Crippen molar-refractivity contribution in [2.24, 2.45) is 7.05 Å². The van der Waals surface area contributed by atoms with E-state index in [4.69, 9.17) is 4.74 Å². The Hall–Kier alpha value is -2.95. The van der Waals surface area contributed by atoms with Crippen molar-refractivity contribution in [3.05, 3.63) is 53.7 Å². The maximum absolute atomic E-state index is 12.2. The van der Waals surface area contributed by atoms with Crippen molar-refractivity contribution in [2.45, 2.75) is 13.8 Å². The molecule has 0 aliphatic carbocycles. The maximum Gasteiger partial charge on any atom is 0.340 e. The molecule has 2 N–H and O–H groups in total. The molecular weight excluding hydrogens is 304 g/mol. The van der Waals surface area contributed by atoms with Gasteiger partial charge in [-0.2, -0.15) is 0 Å². The summed E-state index contributed by atoms with van der Waals surface area (Å²) >= 11 is 0. The number of phenolic OH excluding ortho intramolecular Hbond substituents is 1. The van der Waals surface area contributed by atoms with Crippen LogP contribution in [0.2, 0.25) is 0 Å². The molecular formula is C19H20N2O3. The highest BCUT2D eigenvalue weighted by Crippen LogP contribution is 2.35. The number of carbonyl (C=O) groups is 1. The van der Waals surface area contributed by atoms with Crippen LogP contribution in [0, 0.1) is 6.92 Å². The average molecular weight is 324 g/mol. The van der Waals surface area contributed by atoms with Crippen molar-refractivity contribution in [3.8, 4) is 5.75 Å². The Labute approximate surface area is 140 Å². The van der Waals surface area contributed by atoms with Gasteiger partial charge >= 0.3 is 5.97 Å². The molecule has 3 rings (SSSR count). The highest BCUT2D eigenvalue weighted by Gasteiger charge is 2.21. The zero-order valence-corrected chi connectivity index (χ0v) is 14.0. The van der Waals surface area contributed by atoms with Crippen molar-refractivity contribution in [3.63, 3.8) is 0 Å². The van der Waals surface area contributed by atoms with Crippen LogP contribution >= 0.6 is 0 Å². The fraction of sp³-hybridized carbons (Fsp3) is 0.211. The van der Waals surface area contributed by atoms with E-state index < -0.39 is 0 Å². The van der Waals surface area contributed by atoms with E-state index in [9.17, 15) is 9.90 Å². The third kappa shape index (κ3) is 2.69. The Morgan fingerprint density at radius 3 is 2.62 bits per heavy atom. The Kier molecular flexibility index (Phi) is 4.16. The van der Waals surface area contributed by atoms with E-state index >= 15 is 0 Å². The predicted octanol–water partition coefficient (Wildman–Crippen LogP) is 4.11.